The van der Waals surface area contributed by atoms with E-state index in [0.717, 1.165) is 16.7 Å². The van der Waals surface area contributed by atoms with E-state index in [0.29, 0.717) is 52.1 Å². The molecular weight excluding hydrogens is 566 g/mol. The summed E-state index contributed by atoms with van der Waals surface area (Å²) in [5.41, 5.74) is 4.87. The molecule has 5 aromatic carbocycles. The molecule has 0 saturated carbocycles. The first-order chi connectivity index (χ1) is 22.1. The Morgan fingerprint density at radius 3 is 1.76 bits per heavy atom. The minimum absolute atomic E-state index is 0.220. The van der Waals surface area contributed by atoms with Crippen LogP contribution in [-0.2, 0) is 24.6 Å². The molecule has 45 heavy (non-hydrogen) atoms. The van der Waals surface area contributed by atoms with Gasteiger partial charge in [0.1, 0.15) is 24.7 Å². The Hall–Kier alpha value is -5.40. The fourth-order valence-corrected chi connectivity index (χ4v) is 5.13. The highest BCUT2D eigenvalue weighted by Crippen LogP contribution is 2.41. The maximum absolute atomic E-state index is 14.4. The molecule has 5 aromatic rings. The fourth-order valence-electron chi connectivity index (χ4n) is 5.13. The van der Waals surface area contributed by atoms with E-state index in [1.54, 1.807) is 26.4 Å². The maximum atomic E-state index is 14.4. The summed E-state index contributed by atoms with van der Waals surface area (Å²) in [4.78, 5) is 19.3. The molecule has 0 N–H and O–H groups in total. The zero-order valence-corrected chi connectivity index (χ0v) is 25.1. The van der Waals surface area contributed by atoms with Crippen LogP contribution >= 0.6 is 0 Å². The van der Waals surface area contributed by atoms with E-state index >= 15 is 0 Å². The summed E-state index contributed by atoms with van der Waals surface area (Å²) in [5, 5.41) is 0. The van der Waals surface area contributed by atoms with Crippen molar-refractivity contribution in [1.29, 1.82) is 0 Å². The summed E-state index contributed by atoms with van der Waals surface area (Å²) in [6.07, 6.45) is -0.994. The van der Waals surface area contributed by atoms with Crippen molar-refractivity contribution in [3.8, 4) is 23.0 Å². The van der Waals surface area contributed by atoms with Crippen molar-refractivity contribution in [2.75, 3.05) is 14.2 Å². The van der Waals surface area contributed by atoms with Crippen LogP contribution in [0.2, 0.25) is 0 Å². The lowest BCUT2D eigenvalue weighted by molar-refractivity contribution is 0.0564. The van der Waals surface area contributed by atoms with Gasteiger partial charge in [0.15, 0.2) is 17.6 Å². The van der Waals surface area contributed by atoms with Gasteiger partial charge < -0.3 is 23.7 Å². The van der Waals surface area contributed by atoms with Gasteiger partial charge in [-0.3, -0.25) is 4.79 Å². The van der Waals surface area contributed by atoms with Crippen molar-refractivity contribution in [3.05, 3.63) is 149 Å². The monoisotopic (exact) mass is 599 g/mol. The Kier molecular flexibility index (Phi) is 9.18. The highest BCUT2D eigenvalue weighted by Gasteiger charge is 2.36. The number of ether oxygens (including phenoxy) is 5. The van der Waals surface area contributed by atoms with Crippen molar-refractivity contribution in [3.63, 3.8) is 0 Å². The molecule has 0 aromatic heterocycles. The van der Waals surface area contributed by atoms with Crippen molar-refractivity contribution in [2.24, 2.45) is 4.99 Å². The van der Waals surface area contributed by atoms with Crippen molar-refractivity contribution in [1.82, 2.24) is 0 Å². The molecule has 7 nitrogen and oxygen atoms in total. The number of methoxy groups -OCH3 is 2. The van der Waals surface area contributed by atoms with Gasteiger partial charge in [-0.05, 0) is 34.9 Å². The minimum Gasteiger partial charge on any atom is -0.497 e. The van der Waals surface area contributed by atoms with Crippen LogP contribution in [0.25, 0.3) is 0 Å². The number of carbonyl (C=O) groups is 1. The van der Waals surface area contributed by atoms with E-state index in [1.165, 1.54) is 0 Å². The third-order valence-electron chi connectivity index (χ3n) is 7.46. The van der Waals surface area contributed by atoms with Crippen LogP contribution in [0, 0.1) is 0 Å². The number of aliphatic imine (C=N–C) groups is 1. The number of fused-ring (bicyclic) bond motifs is 1. The van der Waals surface area contributed by atoms with Crippen molar-refractivity contribution >= 4 is 17.2 Å². The second kappa shape index (κ2) is 13.9. The number of ketones is 1. The predicted octanol–water partition coefficient (Wildman–Crippen LogP) is 7.76. The van der Waals surface area contributed by atoms with E-state index in [-0.39, 0.29) is 19.0 Å². The Balaban J connectivity index is 1.38. The number of rotatable bonds is 12. The van der Waals surface area contributed by atoms with Crippen LogP contribution in [0.5, 0.6) is 23.0 Å². The quantitative estimate of drug-likeness (QED) is 0.146. The highest BCUT2D eigenvalue weighted by molar-refractivity contribution is 6.26. The van der Waals surface area contributed by atoms with E-state index < -0.39 is 6.10 Å². The summed E-state index contributed by atoms with van der Waals surface area (Å²) in [6, 6.07) is 38.4. The van der Waals surface area contributed by atoms with Crippen LogP contribution in [0.1, 0.15) is 32.6 Å². The Morgan fingerprint density at radius 2 is 1.18 bits per heavy atom. The first kappa shape index (κ1) is 29.7. The first-order valence-electron chi connectivity index (χ1n) is 14.6. The minimum atomic E-state index is -0.994. The van der Waals surface area contributed by atoms with Crippen LogP contribution < -0.4 is 18.9 Å². The van der Waals surface area contributed by atoms with Gasteiger partial charge in [-0.1, -0.05) is 91.0 Å². The lowest BCUT2D eigenvalue weighted by Gasteiger charge is -2.26. The van der Waals surface area contributed by atoms with Crippen LogP contribution in [0.4, 0.5) is 5.69 Å². The molecule has 1 aliphatic rings. The van der Waals surface area contributed by atoms with Gasteiger partial charge >= 0.3 is 0 Å². The number of carbonyl (C=O) groups excluding carboxylic acids is 1. The van der Waals surface area contributed by atoms with Crippen LogP contribution in [0.15, 0.2) is 126 Å². The molecule has 1 aliphatic heterocycles. The molecule has 0 saturated heterocycles. The third-order valence-corrected chi connectivity index (χ3v) is 7.46. The standard InChI is InChI=1S/C38H33NO6/c1-41-30-21-31-35(34(22-30)44-24-27-14-8-4-9-15-27)37(40)38(45-25-28-16-10-5-11-17-28)36(39-31)29-18-19-32(33(20-29)42-2)43-23-26-12-6-3-7-13-26/h3-22,38H,23-25H2,1-2H3. The van der Waals surface area contributed by atoms with Crippen molar-refractivity contribution < 1.29 is 28.5 Å². The van der Waals surface area contributed by atoms with Crippen molar-refractivity contribution in [2.45, 2.75) is 25.9 Å². The molecule has 0 bridgehead atoms. The van der Waals surface area contributed by atoms with E-state index in [2.05, 4.69) is 0 Å². The maximum Gasteiger partial charge on any atom is 0.203 e. The molecule has 0 amide bonds. The fraction of sp³-hybridized carbons (Fsp3) is 0.158. The zero-order valence-electron chi connectivity index (χ0n) is 25.1. The van der Waals surface area contributed by atoms with Gasteiger partial charge in [0.2, 0.25) is 5.78 Å². The highest BCUT2D eigenvalue weighted by atomic mass is 16.5. The molecule has 0 spiro atoms. The number of hydrogen-bond donors (Lipinski definition) is 0. The van der Waals surface area contributed by atoms with E-state index in [9.17, 15) is 4.79 Å². The number of benzene rings is 5. The van der Waals surface area contributed by atoms with Gasteiger partial charge in [-0.15, -0.1) is 0 Å². The van der Waals surface area contributed by atoms with Crippen LogP contribution in [0.3, 0.4) is 0 Å². The summed E-state index contributed by atoms with van der Waals surface area (Å²) < 4.78 is 29.9. The average Bonchev–Trinajstić information content (AvgIpc) is 3.10. The third kappa shape index (κ3) is 6.89. The van der Waals surface area contributed by atoms with Gasteiger partial charge in [0, 0.05) is 17.7 Å². The second-order valence-corrected chi connectivity index (χ2v) is 10.5. The summed E-state index contributed by atoms with van der Waals surface area (Å²) >= 11 is 0. The van der Waals surface area contributed by atoms with E-state index in [4.69, 9.17) is 28.7 Å². The van der Waals surface area contributed by atoms with Gasteiger partial charge in [-0.25, -0.2) is 4.99 Å². The lowest BCUT2D eigenvalue weighted by atomic mass is 9.92. The molecule has 7 heteroatoms. The smallest absolute Gasteiger partial charge is 0.203 e. The SMILES string of the molecule is COc1cc2c(c(OCc3ccccc3)c1)C(=O)C(OCc1ccccc1)C(c1ccc(OCc3ccccc3)c(OC)c1)=N2. The molecule has 226 valence electrons. The Labute approximate surface area is 262 Å². The normalized spacial score (nSPS) is 13.9. The number of hydrogen-bond acceptors (Lipinski definition) is 7. The van der Waals surface area contributed by atoms with Gasteiger partial charge in [-0.2, -0.15) is 0 Å². The molecule has 6 rings (SSSR count). The molecular formula is C38H33NO6. The lowest BCUT2D eigenvalue weighted by Crippen LogP contribution is -2.36. The zero-order chi connectivity index (χ0) is 31.0. The first-order valence-corrected chi connectivity index (χ1v) is 14.6. The Bertz CT molecular complexity index is 1790. The molecule has 0 radical (unpaired) electrons. The number of nitrogens with zero attached hydrogens (tertiary/aromatic N) is 1. The molecule has 1 unspecified atom stereocenters. The summed E-state index contributed by atoms with van der Waals surface area (Å²) in [5.74, 6) is 1.76. The number of Topliss-reactive ketones (excluding diaryl/α,β-unsaturated/α-hetero) is 1. The van der Waals surface area contributed by atoms with Gasteiger partial charge in [0.05, 0.1) is 37.8 Å². The predicted molar refractivity (Wildman–Crippen MR) is 173 cm³/mol. The average molecular weight is 600 g/mol. The summed E-state index contributed by atoms with van der Waals surface area (Å²) in [6.45, 7) is 0.885. The van der Waals surface area contributed by atoms with Crippen LogP contribution in [-0.4, -0.2) is 31.8 Å². The molecule has 0 fully saturated rings. The van der Waals surface area contributed by atoms with Gasteiger partial charge in [0.25, 0.3) is 0 Å². The second-order valence-electron chi connectivity index (χ2n) is 10.5. The van der Waals surface area contributed by atoms with E-state index in [1.807, 2.05) is 109 Å². The molecule has 1 heterocycles. The molecule has 1 atom stereocenters. The largest absolute Gasteiger partial charge is 0.497 e. The topological polar surface area (TPSA) is 75.6 Å². The Morgan fingerprint density at radius 1 is 0.600 bits per heavy atom. The summed E-state index contributed by atoms with van der Waals surface area (Å²) in [7, 11) is 3.16. The molecule has 0 aliphatic carbocycles.